The molecule has 2 heteroatoms. The smallest absolute Gasteiger partial charge is 0.0782 e. The fourth-order valence-electron chi connectivity index (χ4n) is 0.722. The first-order valence-electron chi connectivity index (χ1n) is 2.87. The molecule has 0 saturated heterocycles. The molecule has 1 N–H and O–H groups in total. The van der Waals surface area contributed by atoms with Crippen LogP contribution >= 0.6 is 11.6 Å². The van der Waals surface area contributed by atoms with E-state index in [-0.39, 0.29) is 4.87 Å². The summed E-state index contributed by atoms with van der Waals surface area (Å²) in [6, 6.07) is 0. The number of halogens is 1. The van der Waals surface area contributed by atoms with Crippen LogP contribution in [0.15, 0.2) is 0 Å². The van der Waals surface area contributed by atoms with Crippen LogP contribution in [0.25, 0.3) is 0 Å². The Morgan fingerprint density at radius 1 is 1.50 bits per heavy atom. The van der Waals surface area contributed by atoms with Gasteiger partial charge in [-0.25, -0.2) is 0 Å². The third-order valence-corrected chi connectivity index (χ3v) is 2.63. The second-order valence-electron chi connectivity index (χ2n) is 3.02. The molecule has 48 valence electrons. The second-order valence-corrected chi connectivity index (χ2v) is 3.75. The van der Waals surface area contributed by atoms with Crippen LogP contribution in [-0.2, 0) is 0 Å². The maximum atomic E-state index is 9.28. The number of rotatable bonds is 1. The Morgan fingerprint density at radius 3 is 1.88 bits per heavy atom. The molecular formula is C6H11ClO. The Labute approximate surface area is 54.7 Å². The van der Waals surface area contributed by atoms with Crippen LogP contribution in [0.5, 0.6) is 0 Å². The van der Waals surface area contributed by atoms with Crippen molar-refractivity contribution >= 4 is 11.6 Å². The van der Waals surface area contributed by atoms with Crippen molar-refractivity contribution in [2.45, 2.75) is 37.2 Å². The van der Waals surface area contributed by atoms with Crippen LogP contribution in [0.3, 0.4) is 0 Å². The van der Waals surface area contributed by atoms with Crippen molar-refractivity contribution in [1.82, 2.24) is 0 Å². The van der Waals surface area contributed by atoms with Gasteiger partial charge in [0.2, 0.25) is 0 Å². The van der Waals surface area contributed by atoms with Crippen molar-refractivity contribution < 1.29 is 5.11 Å². The van der Waals surface area contributed by atoms with Crippen LogP contribution < -0.4 is 0 Å². The van der Waals surface area contributed by atoms with Crippen molar-refractivity contribution in [2.75, 3.05) is 0 Å². The summed E-state index contributed by atoms with van der Waals surface area (Å²) in [4.78, 5) is -0.285. The minimum atomic E-state index is -0.686. The average Bonchev–Trinajstić information content (AvgIpc) is 2.16. The maximum Gasteiger partial charge on any atom is 0.0782 e. The zero-order chi connectivity index (χ0) is 6.41. The van der Waals surface area contributed by atoms with Crippen LogP contribution in [-0.4, -0.2) is 15.6 Å². The van der Waals surface area contributed by atoms with Gasteiger partial charge in [-0.1, -0.05) is 0 Å². The summed E-state index contributed by atoms with van der Waals surface area (Å²) in [6.07, 6.45) is 1.91. The van der Waals surface area contributed by atoms with Crippen molar-refractivity contribution in [1.29, 1.82) is 0 Å². The molecule has 0 aromatic rings. The summed E-state index contributed by atoms with van der Waals surface area (Å²) >= 11 is 5.87. The molecular weight excluding hydrogens is 124 g/mol. The van der Waals surface area contributed by atoms with E-state index in [0.29, 0.717) is 0 Å². The van der Waals surface area contributed by atoms with E-state index in [1.165, 1.54) is 0 Å². The molecule has 0 aromatic carbocycles. The summed E-state index contributed by atoms with van der Waals surface area (Å²) < 4.78 is 0. The first-order valence-corrected chi connectivity index (χ1v) is 3.25. The van der Waals surface area contributed by atoms with Gasteiger partial charge in [0.25, 0.3) is 0 Å². The number of hydrogen-bond donors (Lipinski definition) is 1. The predicted molar refractivity (Wildman–Crippen MR) is 34.1 cm³/mol. The molecule has 0 aliphatic heterocycles. The van der Waals surface area contributed by atoms with E-state index < -0.39 is 5.60 Å². The Kier molecular flexibility index (Phi) is 1.11. The van der Waals surface area contributed by atoms with E-state index in [1.54, 1.807) is 13.8 Å². The highest BCUT2D eigenvalue weighted by atomic mass is 35.5. The van der Waals surface area contributed by atoms with Crippen molar-refractivity contribution in [3.05, 3.63) is 0 Å². The lowest BCUT2D eigenvalue weighted by atomic mass is 10.0. The molecule has 0 aromatic heterocycles. The zero-order valence-electron chi connectivity index (χ0n) is 5.24. The summed E-state index contributed by atoms with van der Waals surface area (Å²) in [5, 5.41) is 9.28. The van der Waals surface area contributed by atoms with Gasteiger partial charge in [0.15, 0.2) is 0 Å². The van der Waals surface area contributed by atoms with Crippen molar-refractivity contribution in [3.63, 3.8) is 0 Å². The van der Waals surface area contributed by atoms with Crippen LogP contribution in [0.1, 0.15) is 26.7 Å². The molecule has 0 amide bonds. The first-order chi connectivity index (χ1) is 3.46. The topological polar surface area (TPSA) is 20.2 Å². The van der Waals surface area contributed by atoms with Gasteiger partial charge in [0, 0.05) is 0 Å². The molecule has 1 rings (SSSR count). The molecule has 0 bridgehead atoms. The fraction of sp³-hybridized carbons (Fsp3) is 1.00. The number of aliphatic hydroxyl groups is 1. The SMILES string of the molecule is CC(C)(O)C1(Cl)CC1. The molecule has 0 spiro atoms. The van der Waals surface area contributed by atoms with Crippen LogP contribution in [0, 0.1) is 0 Å². The third-order valence-electron chi connectivity index (χ3n) is 1.79. The highest BCUT2D eigenvalue weighted by molar-refractivity contribution is 6.26. The quantitative estimate of drug-likeness (QED) is 0.540. The van der Waals surface area contributed by atoms with Gasteiger partial charge in [-0.3, -0.25) is 0 Å². The lowest BCUT2D eigenvalue weighted by Crippen LogP contribution is -2.33. The highest BCUT2D eigenvalue weighted by Gasteiger charge is 2.52. The Bertz CT molecular complexity index is 96.3. The fourth-order valence-corrected chi connectivity index (χ4v) is 0.816. The zero-order valence-corrected chi connectivity index (χ0v) is 6.00. The van der Waals surface area contributed by atoms with Gasteiger partial charge >= 0.3 is 0 Å². The largest absolute Gasteiger partial charge is 0.389 e. The Balaban J connectivity index is 2.58. The standard InChI is InChI=1S/C6H11ClO/c1-5(2,8)6(7)3-4-6/h8H,3-4H2,1-2H3. The van der Waals surface area contributed by atoms with Crippen molar-refractivity contribution in [2.24, 2.45) is 0 Å². The molecule has 1 nitrogen and oxygen atoms in total. The van der Waals surface area contributed by atoms with Crippen LogP contribution in [0.2, 0.25) is 0 Å². The molecule has 0 atom stereocenters. The number of alkyl halides is 1. The molecule has 1 fully saturated rings. The molecule has 0 heterocycles. The number of hydrogen-bond acceptors (Lipinski definition) is 1. The summed E-state index contributed by atoms with van der Waals surface area (Å²) in [7, 11) is 0. The van der Waals surface area contributed by atoms with E-state index in [2.05, 4.69) is 0 Å². The maximum absolute atomic E-state index is 9.28. The summed E-state index contributed by atoms with van der Waals surface area (Å²) in [6.45, 7) is 3.51. The first kappa shape index (κ1) is 6.37. The van der Waals surface area contributed by atoms with E-state index in [9.17, 15) is 5.11 Å². The van der Waals surface area contributed by atoms with Gasteiger partial charge in [0.05, 0.1) is 10.5 Å². The van der Waals surface area contributed by atoms with Gasteiger partial charge in [-0.05, 0) is 26.7 Å². The summed E-state index contributed by atoms with van der Waals surface area (Å²) in [5.41, 5.74) is -0.686. The normalized spacial score (nSPS) is 25.5. The van der Waals surface area contributed by atoms with E-state index in [4.69, 9.17) is 11.6 Å². The second kappa shape index (κ2) is 1.39. The lowest BCUT2D eigenvalue weighted by Gasteiger charge is -2.22. The molecule has 1 aliphatic rings. The van der Waals surface area contributed by atoms with E-state index in [0.717, 1.165) is 12.8 Å². The van der Waals surface area contributed by atoms with Gasteiger partial charge in [0.1, 0.15) is 0 Å². The van der Waals surface area contributed by atoms with E-state index >= 15 is 0 Å². The molecule has 0 radical (unpaired) electrons. The molecule has 8 heavy (non-hydrogen) atoms. The Hall–Kier alpha value is 0.250. The highest BCUT2D eigenvalue weighted by Crippen LogP contribution is 2.50. The van der Waals surface area contributed by atoms with Crippen LogP contribution in [0.4, 0.5) is 0 Å². The van der Waals surface area contributed by atoms with Crippen molar-refractivity contribution in [3.8, 4) is 0 Å². The van der Waals surface area contributed by atoms with Gasteiger partial charge in [-0.15, -0.1) is 11.6 Å². The average molecular weight is 135 g/mol. The van der Waals surface area contributed by atoms with Gasteiger partial charge in [-0.2, -0.15) is 0 Å². The minimum Gasteiger partial charge on any atom is -0.389 e. The monoisotopic (exact) mass is 134 g/mol. The lowest BCUT2D eigenvalue weighted by molar-refractivity contribution is 0.0675. The predicted octanol–water partition coefficient (Wildman–Crippen LogP) is 1.53. The molecule has 1 saturated carbocycles. The third kappa shape index (κ3) is 0.848. The van der Waals surface area contributed by atoms with Gasteiger partial charge < -0.3 is 5.11 Å². The Morgan fingerprint density at radius 2 is 1.88 bits per heavy atom. The molecule has 1 aliphatic carbocycles. The van der Waals surface area contributed by atoms with E-state index in [1.807, 2.05) is 0 Å². The summed E-state index contributed by atoms with van der Waals surface area (Å²) in [5.74, 6) is 0. The minimum absolute atomic E-state index is 0.285. The molecule has 0 unspecified atom stereocenters.